The summed E-state index contributed by atoms with van der Waals surface area (Å²) in [4.78, 5) is 4.54. The highest BCUT2D eigenvalue weighted by atomic mass is 16.5. The number of pyridine rings is 1. The number of hydrogen-bond acceptors (Lipinski definition) is 3. The fourth-order valence-electron chi connectivity index (χ4n) is 2.33. The van der Waals surface area contributed by atoms with E-state index in [-0.39, 0.29) is 6.04 Å². The lowest BCUT2D eigenvalue weighted by Crippen LogP contribution is -2.13. The van der Waals surface area contributed by atoms with Crippen LogP contribution in [-0.2, 0) is 6.61 Å². The predicted octanol–water partition coefficient (Wildman–Crippen LogP) is 3.19. The van der Waals surface area contributed by atoms with Crippen molar-refractivity contribution in [2.75, 3.05) is 7.05 Å². The molecule has 1 atom stereocenters. The van der Waals surface area contributed by atoms with E-state index in [1.165, 1.54) is 0 Å². The monoisotopic (exact) mass is 281 g/mol. The molecule has 0 fully saturated rings. The van der Waals surface area contributed by atoms with Crippen LogP contribution in [0.5, 0.6) is 5.75 Å². The molecule has 0 radical (unpaired) electrons. The highest BCUT2D eigenvalue weighted by molar-refractivity contribution is 5.40. The van der Waals surface area contributed by atoms with Gasteiger partial charge in [0.1, 0.15) is 18.0 Å². The summed E-state index contributed by atoms with van der Waals surface area (Å²) < 4.78 is 7.96. The lowest BCUT2D eigenvalue weighted by molar-refractivity contribution is 0.296. The minimum atomic E-state index is 0.252. The average Bonchev–Trinajstić information content (AvgIpc) is 2.95. The maximum Gasteiger partial charge on any atom is 0.137 e. The number of aromatic nitrogens is 2. The first-order valence-corrected chi connectivity index (χ1v) is 7.09. The molecule has 2 heterocycles. The molecule has 4 nitrogen and oxygen atoms in total. The van der Waals surface area contributed by atoms with E-state index in [9.17, 15) is 0 Å². The molecule has 0 saturated carbocycles. The third-order valence-corrected chi connectivity index (χ3v) is 3.61. The summed E-state index contributed by atoms with van der Waals surface area (Å²) in [5, 5.41) is 3.24. The van der Waals surface area contributed by atoms with Crippen LogP contribution in [0.4, 0.5) is 0 Å². The van der Waals surface area contributed by atoms with Crippen molar-refractivity contribution >= 4 is 5.65 Å². The molecule has 4 heteroatoms. The van der Waals surface area contributed by atoms with E-state index in [1.54, 1.807) is 0 Å². The summed E-state index contributed by atoms with van der Waals surface area (Å²) in [5.41, 5.74) is 3.02. The third-order valence-electron chi connectivity index (χ3n) is 3.61. The maximum atomic E-state index is 5.96. The van der Waals surface area contributed by atoms with Gasteiger partial charge in [-0.15, -0.1) is 0 Å². The number of para-hydroxylation sites is 1. The Hall–Kier alpha value is -2.33. The number of imidazole rings is 1. The third kappa shape index (κ3) is 2.90. The van der Waals surface area contributed by atoms with Gasteiger partial charge in [-0.05, 0) is 32.2 Å². The Kier molecular flexibility index (Phi) is 3.88. The second-order valence-electron chi connectivity index (χ2n) is 5.04. The van der Waals surface area contributed by atoms with Crippen molar-refractivity contribution in [3.05, 3.63) is 66.1 Å². The van der Waals surface area contributed by atoms with E-state index in [1.807, 2.05) is 60.2 Å². The molecule has 21 heavy (non-hydrogen) atoms. The van der Waals surface area contributed by atoms with Crippen LogP contribution in [0.15, 0.2) is 54.9 Å². The largest absolute Gasteiger partial charge is 0.487 e. The summed E-state index contributed by atoms with van der Waals surface area (Å²) in [6.07, 6.45) is 3.99. The van der Waals surface area contributed by atoms with Crippen molar-refractivity contribution in [2.45, 2.75) is 19.6 Å². The molecule has 0 saturated heterocycles. The van der Waals surface area contributed by atoms with Crippen LogP contribution in [0.1, 0.15) is 24.2 Å². The van der Waals surface area contributed by atoms with Crippen LogP contribution >= 0.6 is 0 Å². The zero-order chi connectivity index (χ0) is 14.7. The van der Waals surface area contributed by atoms with E-state index in [0.717, 1.165) is 22.7 Å². The quantitative estimate of drug-likeness (QED) is 0.780. The molecule has 1 N–H and O–H groups in total. The van der Waals surface area contributed by atoms with Crippen molar-refractivity contribution < 1.29 is 4.74 Å². The molecule has 0 bridgehead atoms. The van der Waals surface area contributed by atoms with Crippen LogP contribution in [0, 0.1) is 0 Å². The highest BCUT2D eigenvalue weighted by Crippen LogP contribution is 2.25. The first-order valence-electron chi connectivity index (χ1n) is 7.09. The minimum absolute atomic E-state index is 0.252. The molecule has 0 spiro atoms. The molecule has 3 aromatic rings. The van der Waals surface area contributed by atoms with Crippen molar-refractivity contribution in [2.24, 2.45) is 0 Å². The lowest BCUT2D eigenvalue weighted by atomic mass is 10.1. The molecular formula is C17H19N3O. The second kappa shape index (κ2) is 5.97. The van der Waals surface area contributed by atoms with Gasteiger partial charge in [-0.2, -0.15) is 0 Å². The molecule has 0 aliphatic heterocycles. The van der Waals surface area contributed by atoms with E-state index in [0.29, 0.717) is 6.61 Å². The molecule has 1 unspecified atom stereocenters. The van der Waals surface area contributed by atoms with Crippen molar-refractivity contribution in [3.8, 4) is 5.75 Å². The SMILES string of the molecule is CNC(C)c1ccccc1OCc1cn2ccccc2n1. The molecule has 3 rings (SSSR count). The van der Waals surface area contributed by atoms with Gasteiger partial charge in [-0.25, -0.2) is 4.98 Å². The van der Waals surface area contributed by atoms with Gasteiger partial charge >= 0.3 is 0 Å². The lowest BCUT2D eigenvalue weighted by Gasteiger charge is -2.15. The molecule has 2 aromatic heterocycles. The van der Waals surface area contributed by atoms with E-state index in [4.69, 9.17) is 4.74 Å². The number of benzene rings is 1. The Labute approximate surface area is 124 Å². The summed E-state index contributed by atoms with van der Waals surface area (Å²) >= 11 is 0. The topological polar surface area (TPSA) is 38.6 Å². The zero-order valence-corrected chi connectivity index (χ0v) is 12.3. The fraction of sp³-hybridized carbons (Fsp3) is 0.235. The first kappa shape index (κ1) is 13.6. The van der Waals surface area contributed by atoms with E-state index >= 15 is 0 Å². The average molecular weight is 281 g/mol. The second-order valence-corrected chi connectivity index (χ2v) is 5.04. The number of fused-ring (bicyclic) bond motifs is 1. The van der Waals surface area contributed by atoms with E-state index in [2.05, 4.69) is 23.3 Å². The summed E-state index contributed by atoms with van der Waals surface area (Å²) in [6.45, 7) is 2.59. The van der Waals surface area contributed by atoms with Gasteiger partial charge < -0.3 is 14.5 Å². The maximum absolute atomic E-state index is 5.96. The van der Waals surface area contributed by atoms with Gasteiger partial charge in [0.15, 0.2) is 0 Å². The van der Waals surface area contributed by atoms with Crippen molar-refractivity contribution in [1.82, 2.24) is 14.7 Å². The van der Waals surface area contributed by atoms with Crippen LogP contribution in [0.3, 0.4) is 0 Å². The van der Waals surface area contributed by atoms with Gasteiger partial charge in [-0.3, -0.25) is 0 Å². The molecular weight excluding hydrogens is 262 g/mol. The van der Waals surface area contributed by atoms with Gasteiger partial charge in [0, 0.05) is 24.0 Å². The standard InChI is InChI=1S/C17H19N3O/c1-13(18-2)15-7-3-4-8-16(15)21-12-14-11-20-10-6-5-9-17(20)19-14/h3-11,13,18H,12H2,1-2H3. The number of ether oxygens (including phenoxy) is 1. The number of rotatable bonds is 5. The summed E-state index contributed by atoms with van der Waals surface area (Å²) in [6, 6.07) is 14.3. The normalized spacial score (nSPS) is 12.5. The Balaban J connectivity index is 1.78. The minimum Gasteiger partial charge on any atom is -0.487 e. The van der Waals surface area contributed by atoms with Crippen LogP contribution in [-0.4, -0.2) is 16.4 Å². The van der Waals surface area contributed by atoms with Crippen molar-refractivity contribution in [1.29, 1.82) is 0 Å². The van der Waals surface area contributed by atoms with Crippen LogP contribution in [0.25, 0.3) is 5.65 Å². The molecule has 0 aliphatic carbocycles. The Bertz CT molecular complexity index is 702. The van der Waals surface area contributed by atoms with Crippen LogP contribution in [0.2, 0.25) is 0 Å². The van der Waals surface area contributed by atoms with Gasteiger partial charge in [0.2, 0.25) is 0 Å². The van der Waals surface area contributed by atoms with Crippen molar-refractivity contribution in [3.63, 3.8) is 0 Å². The first-order chi connectivity index (χ1) is 10.3. The molecule has 1 aromatic carbocycles. The van der Waals surface area contributed by atoms with Gasteiger partial charge in [0.05, 0.1) is 5.69 Å². The van der Waals surface area contributed by atoms with E-state index < -0.39 is 0 Å². The number of nitrogens with one attached hydrogen (secondary N) is 1. The Morgan fingerprint density at radius 1 is 1.19 bits per heavy atom. The van der Waals surface area contributed by atoms with Gasteiger partial charge in [0.25, 0.3) is 0 Å². The summed E-state index contributed by atoms with van der Waals surface area (Å²) in [5.74, 6) is 0.899. The molecule has 0 aliphatic rings. The smallest absolute Gasteiger partial charge is 0.137 e. The highest BCUT2D eigenvalue weighted by Gasteiger charge is 2.10. The van der Waals surface area contributed by atoms with Gasteiger partial charge in [-0.1, -0.05) is 24.3 Å². The Morgan fingerprint density at radius 2 is 2.00 bits per heavy atom. The summed E-state index contributed by atoms with van der Waals surface area (Å²) in [7, 11) is 1.95. The fourth-order valence-corrected chi connectivity index (χ4v) is 2.33. The molecule has 108 valence electrons. The number of hydrogen-bond donors (Lipinski definition) is 1. The molecule has 0 amide bonds. The zero-order valence-electron chi connectivity index (χ0n) is 12.3. The predicted molar refractivity (Wildman–Crippen MR) is 83.4 cm³/mol. The van der Waals surface area contributed by atoms with Crippen LogP contribution < -0.4 is 10.1 Å². The Morgan fingerprint density at radius 3 is 2.81 bits per heavy atom. The number of nitrogens with zero attached hydrogens (tertiary/aromatic N) is 2.